The predicted octanol–water partition coefficient (Wildman–Crippen LogP) is 3.86. The summed E-state index contributed by atoms with van der Waals surface area (Å²) in [7, 11) is 0. The third-order valence-electron chi connectivity index (χ3n) is 3.33. The molecule has 1 unspecified atom stereocenters. The minimum Gasteiger partial charge on any atom is -0.471 e. The predicted molar refractivity (Wildman–Crippen MR) is 85.1 cm³/mol. The van der Waals surface area contributed by atoms with Crippen molar-refractivity contribution in [2.24, 2.45) is 0 Å². The molecule has 0 aliphatic rings. The molecule has 104 valence electrons. The molecule has 0 N–H and O–H groups in total. The summed E-state index contributed by atoms with van der Waals surface area (Å²) >= 11 is 0. The number of para-hydroxylation sites is 1. The lowest BCUT2D eigenvalue weighted by Gasteiger charge is -2.15. The van der Waals surface area contributed by atoms with Crippen LogP contribution in [-0.2, 0) is 0 Å². The minimum absolute atomic E-state index is 0.527. The summed E-state index contributed by atoms with van der Waals surface area (Å²) in [5.41, 5.74) is 2.19. The number of hydrogen-bond donors (Lipinski definition) is 0. The SMILES string of the molecule is C#CC(Oc1cccc2cccnc12)c1ccc(C#N)cc1. The molecule has 3 nitrogen and oxygen atoms in total. The average Bonchev–Trinajstić information content (AvgIpc) is 2.60. The van der Waals surface area contributed by atoms with E-state index in [1.165, 1.54) is 0 Å². The number of terminal acetylenes is 1. The zero-order valence-corrected chi connectivity index (χ0v) is 11.7. The molecule has 22 heavy (non-hydrogen) atoms. The molecule has 0 amide bonds. The average molecular weight is 284 g/mol. The molecule has 1 aromatic heterocycles. The van der Waals surface area contributed by atoms with Crippen molar-refractivity contribution >= 4 is 10.9 Å². The maximum absolute atomic E-state index is 8.85. The topological polar surface area (TPSA) is 45.9 Å². The Morgan fingerprint density at radius 2 is 1.82 bits per heavy atom. The van der Waals surface area contributed by atoms with Crippen molar-refractivity contribution in [1.29, 1.82) is 5.26 Å². The smallest absolute Gasteiger partial charge is 0.184 e. The highest BCUT2D eigenvalue weighted by Crippen LogP contribution is 2.28. The number of benzene rings is 2. The molecule has 3 aromatic rings. The Morgan fingerprint density at radius 1 is 1.05 bits per heavy atom. The van der Waals surface area contributed by atoms with E-state index in [2.05, 4.69) is 17.0 Å². The van der Waals surface area contributed by atoms with E-state index in [0.29, 0.717) is 11.3 Å². The van der Waals surface area contributed by atoms with Crippen LogP contribution in [0.1, 0.15) is 17.2 Å². The minimum atomic E-state index is -0.527. The van der Waals surface area contributed by atoms with Gasteiger partial charge in [-0.15, -0.1) is 6.42 Å². The lowest BCUT2D eigenvalue weighted by Crippen LogP contribution is -2.05. The number of hydrogen-bond acceptors (Lipinski definition) is 3. The molecular formula is C19H12N2O. The maximum Gasteiger partial charge on any atom is 0.184 e. The number of nitriles is 1. The van der Waals surface area contributed by atoms with Crippen LogP contribution in [-0.4, -0.2) is 4.98 Å². The Bertz CT molecular complexity index is 880. The zero-order chi connectivity index (χ0) is 15.4. The van der Waals surface area contributed by atoms with Gasteiger partial charge in [0.1, 0.15) is 11.3 Å². The van der Waals surface area contributed by atoms with Crippen LogP contribution >= 0.6 is 0 Å². The summed E-state index contributed by atoms with van der Waals surface area (Å²) in [5, 5.41) is 9.84. The quantitative estimate of drug-likeness (QED) is 0.686. The largest absolute Gasteiger partial charge is 0.471 e. The van der Waals surface area contributed by atoms with Gasteiger partial charge in [-0.3, -0.25) is 4.98 Å². The summed E-state index contributed by atoms with van der Waals surface area (Å²) in [6.45, 7) is 0. The summed E-state index contributed by atoms with van der Waals surface area (Å²) in [6.07, 6.45) is 6.80. The summed E-state index contributed by atoms with van der Waals surface area (Å²) in [6, 6.07) is 18.7. The fraction of sp³-hybridized carbons (Fsp3) is 0.0526. The first-order valence-electron chi connectivity index (χ1n) is 6.78. The van der Waals surface area contributed by atoms with Crippen LogP contribution < -0.4 is 4.74 Å². The summed E-state index contributed by atoms with van der Waals surface area (Å²) < 4.78 is 5.95. The number of ether oxygens (including phenoxy) is 1. The fourth-order valence-electron chi connectivity index (χ4n) is 2.23. The van der Waals surface area contributed by atoms with Crippen LogP contribution in [0.2, 0.25) is 0 Å². The molecule has 0 saturated carbocycles. The lowest BCUT2D eigenvalue weighted by molar-refractivity contribution is 0.268. The van der Waals surface area contributed by atoms with Crippen molar-refractivity contribution in [3.05, 3.63) is 71.9 Å². The summed E-state index contributed by atoms with van der Waals surface area (Å²) in [4.78, 5) is 4.35. The van der Waals surface area contributed by atoms with E-state index in [1.54, 1.807) is 18.3 Å². The molecule has 0 radical (unpaired) electrons. The van der Waals surface area contributed by atoms with Gasteiger partial charge < -0.3 is 4.74 Å². The highest BCUT2D eigenvalue weighted by Gasteiger charge is 2.12. The number of aromatic nitrogens is 1. The van der Waals surface area contributed by atoms with Crippen molar-refractivity contribution < 1.29 is 4.74 Å². The van der Waals surface area contributed by atoms with Crippen LogP contribution in [0.15, 0.2) is 60.8 Å². The second-order valence-corrected chi connectivity index (χ2v) is 4.73. The first-order valence-corrected chi connectivity index (χ1v) is 6.78. The fourth-order valence-corrected chi connectivity index (χ4v) is 2.23. The standard InChI is InChI=1S/C19H12N2O/c1-2-17(15-10-8-14(13-20)9-11-15)22-18-7-3-5-16-6-4-12-21-19(16)18/h1,3-12,17H. The molecule has 0 spiro atoms. The van der Waals surface area contributed by atoms with Gasteiger partial charge in [0, 0.05) is 17.1 Å². The second kappa shape index (κ2) is 5.99. The number of fused-ring (bicyclic) bond motifs is 1. The third kappa shape index (κ3) is 2.61. The lowest BCUT2D eigenvalue weighted by atomic mass is 10.1. The molecule has 2 aromatic carbocycles. The Labute approximate surface area is 128 Å². The molecule has 0 bridgehead atoms. The van der Waals surface area contributed by atoms with Crippen LogP contribution in [0, 0.1) is 23.7 Å². The number of rotatable bonds is 3. The van der Waals surface area contributed by atoms with Gasteiger partial charge in [-0.25, -0.2) is 0 Å². The molecule has 0 aliphatic heterocycles. The Balaban J connectivity index is 1.95. The Kier molecular flexibility index (Phi) is 3.72. The molecule has 1 heterocycles. The van der Waals surface area contributed by atoms with Crippen LogP contribution in [0.25, 0.3) is 10.9 Å². The molecule has 3 rings (SSSR count). The van der Waals surface area contributed by atoms with Gasteiger partial charge in [-0.2, -0.15) is 5.26 Å². The van der Waals surface area contributed by atoms with Crippen LogP contribution in [0.5, 0.6) is 5.75 Å². The van der Waals surface area contributed by atoms with Crippen molar-refractivity contribution in [2.75, 3.05) is 0 Å². The van der Waals surface area contributed by atoms with Gasteiger partial charge in [-0.1, -0.05) is 36.3 Å². The maximum atomic E-state index is 8.85. The highest BCUT2D eigenvalue weighted by molar-refractivity contribution is 5.84. The third-order valence-corrected chi connectivity index (χ3v) is 3.33. The Hall–Kier alpha value is -3.30. The first-order chi connectivity index (χ1) is 10.8. The number of pyridine rings is 1. The molecule has 3 heteroatoms. The van der Waals surface area contributed by atoms with E-state index in [1.807, 2.05) is 42.5 Å². The van der Waals surface area contributed by atoms with Crippen LogP contribution in [0.3, 0.4) is 0 Å². The molecular weight excluding hydrogens is 272 g/mol. The second-order valence-electron chi connectivity index (χ2n) is 4.73. The molecule has 0 fully saturated rings. The van der Waals surface area contributed by atoms with Crippen LogP contribution in [0.4, 0.5) is 0 Å². The molecule has 1 atom stereocenters. The molecule has 0 aliphatic carbocycles. The van der Waals surface area contributed by atoms with E-state index in [9.17, 15) is 0 Å². The van der Waals surface area contributed by atoms with Gasteiger partial charge in [0.05, 0.1) is 11.6 Å². The van der Waals surface area contributed by atoms with Gasteiger partial charge in [0.15, 0.2) is 6.10 Å². The van der Waals surface area contributed by atoms with Crippen molar-refractivity contribution in [3.63, 3.8) is 0 Å². The van der Waals surface area contributed by atoms with E-state index >= 15 is 0 Å². The summed E-state index contributed by atoms with van der Waals surface area (Å²) in [5.74, 6) is 3.28. The van der Waals surface area contributed by atoms with E-state index < -0.39 is 6.10 Å². The highest BCUT2D eigenvalue weighted by atomic mass is 16.5. The van der Waals surface area contributed by atoms with E-state index in [4.69, 9.17) is 16.4 Å². The monoisotopic (exact) mass is 284 g/mol. The first kappa shape index (κ1) is 13.7. The number of nitrogens with zero attached hydrogens (tertiary/aromatic N) is 2. The zero-order valence-electron chi connectivity index (χ0n) is 11.7. The Morgan fingerprint density at radius 3 is 2.55 bits per heavy atom. The van der Waals surface area contributed by atoms with Gasteiger partial charge >= 0.3 is 0 Å². The molecule has 0 saturated heterocycles. The normalized spacial score (nSPS) is 11.4. The van der Waals surface area contributed by atoms with Gasteiger partial charge in [0.2, 0.25) is 0 Å². The van der Waals surface area contributed by atoms with Crippen molar-refractivity contribution in [2.45, 2.75) is 6.10 Å². The van der Waals surface area contributed by atoms with E-state index in [-0.39, 0.29) is 0 Å². The van der Waals surface area contributed by atoms with Crippen molar-refractivity contribution in [1.82, 2.24) is 4.98 Å². The van der Waals surface area contributed by atoms with Gasteiger partial charge in [-0.05, 0) is 24.3 Å². The van der Waals surface area contributed by atoms with Gasteiger partial charge in [0.25, 0.3) is 0 Å². The van der Waals surface area contributed by atoms with Crippen molar-refractivity contribution in [3.8, 4) is 24.2 Å². The van der Waals surface area contributed by atoms with E-state index in [0.717, 1.165) is 16.5 Å².